The molecule has 150 valence electrons. The lowest BCUT2D eigenvalue weighted by atomic mass is 9.45. The second-order valence-electron chi connectivity index (χ2n) is 9.24. The summed E-state index contributed by atoms with van der Waals surface area (Å²) in [7, 11) is 0. The van der Waals surface area contributed by atoms with Crippen LogP contribution >= 0.6 is 0 Å². The number of esters is 1. The van der Waals surface area contributed by atoms with E-state index in [0.717, 1.165) is 5.57 Å². The van der Waals surface area contributed by atoms with Crippen LogP contribution in [0, 0.1) is 28.6 Å². The molecule has 0 heterocycles. The Bertz CT molecular complexity index is 691. The fraction of sp³-hybridized carbons (Fsp3) is 0.682. The molecular formula is C22H32O5. The molecule has 0 amide bonds. The zero-order valence-corrected chi connectivity index (χ0v) is 16.7. The maximum atomic E-state index is 11.6. The third kappa shape index (κ3) is 3.10. The Balaban J connectivity index is 2.04. The standard InChI is InChI=1S/C22H32O5/c1-12(11-23)15-8-14-6-7-17-21(3,4)19(27-13(2)24)10-18(26)22(17,5)20(14)16(25)9-15/h6-8,15-20,23,25-26H,1,9-11H2,2-5H3. The Morgan fingerprint density at radius 3 is 2.56 bits per heavy atom. The highest BCUT2D eigenvalue weighted by Gasteiger charge is 2.62. The van der Waals surface area contributed by atoms with Gasteiger partial charge in [-0.1, -0.05) is 45.6 Å². The molecule has 0 aromatic heterocycles. The number of carbonyl (C=O) groups is 1. The lowest BCUT2D eigenvalue weighted by molar-refractivity contribution is -0.196. The summed E-state index contributed by atoms with van der Waals surface area (Å²) in [4.78, 5) is 11.6. The third-order valence-corrected chi connectivity index (χ3v) is 7.28. The molecule has 0 radical (unpaired) electrons. The van der Waals surface area contributed by atoms with Crippen molar-refractivity contribution in [3.8, 4) is 0 Å². The van der Waals surface area contributed by atoms with Crippen LogP contribution in [-0.4, -0.2) is 46.2 Å². The maximum Gasteiger partial charge on any atom is 0.302 e. The van der Waals surface area contributed by atoms with Crippen LogP contribution in [0.2, 0.25) is 0 Å². The number of ether oxygens (including phenoxy) is 1. The van der Waals surface area contributed by atoms with Crippen LogP contribution in [0.25, 0.3) is 0 Å². The molecule has 7 atom stereocenters. The number of allylic oxidation sites excluding steroid dienone is 3. The first kappa shape index (κ1) is 20.3. The largest absolute Gasteiger partial charge is 0.462 e. The quantitative estimate of drug-likeness (QED) is 0.520. The summed E-state index contributed by atoms with van der Waals surface area (Å²) < 4.78 is 5.55. The molecule has 0 aromatic carbocycles. The van der Waals surface area contributed by atoms with Gasteiger partial charge in [0, 0.05) is 36.0 Å². The second kappa shape index (κ2) is 6.87. The number of aliphatic hydroxyl groups excluding tert-OH is 3. The van der Waals surface area contributed by atoms with E-state index in [1.54, 1.807) is 0 Å². The molecule has 0 bridgehead atoms. The lowest BCUT2D eigenvalue weighted by Gasteiger charge is -2.61. The van der Waals surface area contributed by atoms with Crippen molar-refractivity contribution in [3.05, 3.63) is 36.0 Å². The van der Waals surface area contributed by atoms with Crippen molar-refractivity contribution in [1.29, 1.82) is 0 Å². The van der Waals surface area contributed by atoms with Crippen LogP contribution in [0.1, 0.15) is 40.5 Å². The first-order chi connectivity index (χ1) is 12.5. The molecule has 5 heteroatoms. The van der Waals surface area contributed by atoms with E-state index in [9.17, 15) is 20.1 Å². The number of hydrogen-bond acceptors (Lipinski definition) is 5. The Labute approximate surface area is 161 Å². The Kier molecular flexibility index (Phi) is 5.17. The maximum absolute atomic E-state index is 11.6. The minimum Gasteiger partial charge on any atom is -0.462 e. The summed E-state index contributed by atoms with van der Waals surface area (Å²) in [5.41, 5.74) is 0.756. The smallest absolute Gasteiger partial charge is 0.302 e. The number of hydrogen-bond donors (Lipinski definition) is 3. The molecule has 1 fully saturated rings. The summed E-state index contributed by atoms with van der Waals surface area (Å²) in [6.07, 6.45) is 5.34. The highest BCUT2D eigenvalue weighted by atomic mass is 16.5. The van der Waals surface area contributed by atoms with E-state index < -0.39 is 17.6 Å². The molecule has 0 spiro atoms. The van der Waals surface area contributed by atoms with Gasteiger partial charge < -0.3 is 20.1 Å². The third-order valence-electron chi connectivity index (χ3n) is 7.28. The summed E-state index contributed by atoms with van der Waals surface area (Å²) in [6, 6.07) is 0. The van der Waals surface area contributed by atoms with Crippen molar-refractivity contribution in [2.75, 3.05) is 6.61 Å². The van der Waals surface area contributed by atoms with E-state index in [2.05, 4.69) is 32.6 Å². The summed E-state index contributed by atoms with van der Waals surface area (Å²) in [5, 5.41) is 31.6. The number of carbonyl (C=O) groups excluding carboxylic acids is 1. The fourth-order valence-corrected chi connectivity index (χ4v) is 5.79. The molecule has 3 aliphatic carbocycles. The number of rotatable bonds is 3. The van der Waals surface area contributed by atoms with Gasteiger partial charge >= 0.3 is 5.97 Å². The van der Waals surface area contributed by atoms with E-state index in [0.29, 0.717) is 18.4 Å². The van der Waals surface area contributed by atoms with Crippen LogP contribution in [0.4, 0.5) is 0 Å². The molecule has 5 nitrogen and oxygen atoms in total. The Morgan fingerprint density at radius 2 is 1.96 bits per heavy atom. The van der Waals surface area contributed by atoms with Crippen LogP contribution in [-0.2, 0) is 9.53 Å². The van der Waals surface area contributed by atoms with Crippen LogP contribution in [0.15, 0.2) is 36.0 Å². The molecule has 1 saturated carbocycles. The predicted octanol–water partition coefficient (Wildman–Crippen LogP) is 2.37. The zero-order valence-electron chi connectivity index (χ0n) is 16.7. The minimum absolute atomic E-state index is 0.0486. The molecule has 27 heavy (non-hydrogen) atoms. The van der Waals surface area contributed by atoms with Crippen LogP contribution in [0.3, 0.4) is 0 Å². The SMILES string of the molecule is C=C(CO)C1C=C2C=CC3C(C)(C)C(OC(C)=O)CC(O)C3(C)C2C(O)C1. The molecule has 0 aliphatic heterocycles. The first-order valence-electron chi connectivity index (χ1n) is 9.75. The van der Waals surface area contributed by atoms with Crippen LogP contribution in [0.5, 0.6) is 0 Å². The highest BCUT2D eigenvalue weighted by molar-refractivity contribution is 5.66. The fourth-order valence-electron chi connectivity index (χ4n) is 5.79. The minimum atomic E-state index is -0.703. The van der Waals surface area contributed by atoms with Gasteiger partial charge in [-0.3, -0.25) is 4.79 Å². The van der Waals surface area contributed by atoms with Crippen molar-refractivity contribution in [1.82, 2.24) is 0 Å². The summed E-state index contributed by atoms with van der Waals surface area (Å²) in [5.74, 6) is -0.661. The normalized spacial score (nSPS) is 42.6. The first-order valence-corrected chi connectivity index (χ1v) is 9.75. The van der Waals surface area contributed by atoms with Gasteiger partial charge in [0.25, 0.3) is 0 Å². The average molecular weight is 376 g/mol. The van der Waals surface area contributed by atoms with Gasteiger partial charge in [-0.05, 0) is 23.5 Å². The second-order valence-corrected chi connectivity index (χ2v) is 9.24. The van der Waals surface area contributed by atoms with Crippen LogP contribution < -0.4 is 0 Å². The van der Waals surface area contributed by atoms with Crippen molar-refractivity contribution in [2.24, 2.45) is 28.6 Å². The summed E-state index contributed by atoms with van der Waals surface area (Å²) in [6.45, 7) is 11.4. The van der Waals surface area contributed by atoms with Crippen molar-refractivity contribution in [3.63, 3.8) is 0 Å². The van der Waals surface area contributed by atoms with Crippen molar-refractivity contribution in [2.45, 2.75) is 58.8 Å². The van der Waals surface area contributed by atoms with Gasteiger partial charge in [-0.2, -0.15) is 0 Å². The number of fused-ring (bicyclic) bond motifs is 3. The molecule has 3 N–H and O–H groups in total. The molecule has 0 aromatic rings. The molecule has 3 aliphatic rings. The highest BCUT2D eigenvalue weighted by Crippen LogP contribution is 2.61. The van der Waals surface area contributed by atoms with E-state index >= 15 is 0 Å². The molecular weight excluding hydrogens is 344 g/mol. The van der Waals surface area contributed by atoms with Crippen molar-refractivity contribution >= 4 is 5.97 Å². The van der Waals surface area contributed by atoms with Gasteiger partial charge in [-0.25, -0.2) is 0 Å². The summed E-state index contributed by atoms with van der Waals surface area (Å²) >= 11 is 0. The van der Waals surface area contributed by atoms with Gasteiger partial charge in [0.2, 0.25) is 0 Å². The predicted molar refractivity (Wildman–Crippen MR) is 103 cm³/mol. The van der Waals surface area contributed by atoms with E-state index in [-0.39, 0.29) is 41.8 Å². The number of aliphatic hydroxyl groups is 3. The Hall–Kier alpha value is -1.43. The van der Waals surface area contributed by atoms with E-state index in [1.807, 2.05) is 13.0 Å². The molecule has 0 saturated heterocycles. The van der Waals surface area contributed by atoms with Gasteiger partial charge in [-0.15, -0.1) is 0 Å². The monoisotopic (exact) mass is 376 g/mol. The van der Waals surface area contributed by atoms with Crippen molar-refractivity contribution < 1.29 is 24.9 Å². The van der Waals surface area contributed by atoms with E-state index in [1.165, 1.54) is 6.92 Å². The Morgan fingerprint density at radius 1 is 1.30 bits per heavy atom. The topological polar surface area (TPSA) is 87.0 Å². The zero-order chi connectivity index (χ0) is 20.1. The van der Waals surface area contributed by atoms with Gasteiger partial charge in [0.05, 0.1) is 18.8 Å². The lowest BCUT2D eigenvalue weighted by Crippen LogP contribution is -2.63. The average Bonchev–Trinajstić information content (AvgIpc) is 2.58. The van der Waals surface area contributed by atoms with Gasteiger partial charge in [0.15, 0.2) is 0 Å². The molecule has 7 unspecified atom stereocenters. The molecule has 3 rings (SSSR count). The van der Waals surface area contributed by atoms with E-state index in [4.69, 9.17) is 4.74 Å². The van der Waals surface area contributed by atoms with Gasteiger partial charge in [0.1, 0.15) is 6.10 Å².